The fraction of sp³-hybridized carbons (Fsp3) is 0.368. The Labute approximate surface area is 134 Å². The Kier molecular flexibility index (Phi) is 4.48. The van der Waals surface area contributed by atoms with Crippen molar-refractivity contribution in [1.82, 2.24) is 5.32 Å². The summed E-state index contributed by atoms with van der Waals surface area (Å²) in [6.07, 6.45) is 2.21. The maximum absolute atomic E-state index is 11.5. The second-order valence-electron chi connectivity index (χ2n) is 6.35. The van der Waals surface area contributed by atoms with Gasteiger partial charge in [-0.2, -0.15) is 0 Å². The summed E-state index contributed by atoms with van der Waals surface area (Å²) >= 11 is 0. The van der Waals surface area contributed by atoms with Crippen LogP contribution in [0.5, 0.6) is 0 Å². The molecule has 2 aromatic rings. The highest BCUT2D eigenvalue weighted by Crippen LogP contribution is 2.22. The molecular weight excluding hydrogens is 286 g/mol. The van der Waals surface area contributed by atoms with Gasteiger partial charge in [0.25, 0.3) is 0 Å². The van der Waals surface area contributed by atoms with Gasteiger partial charge in [0.1, 0.15) is 0 Å². The number of rotatable bonds is 4. The molecule has 0 bridgehead atoms. The van der Waals surface area contributed by atoms with Crippen molar-refractivity contribution in [3.8, 4) is 0 Å². The summed E-state index contributed by atoms with van der Waals surface area (Å²) in [4.78, 5) is 0. The lowest BCUT2D eigenvalue weighted by molar-refractivity contribution is 0.104. The van der Waals surface area contributed by atoms with Crippen molar-refractivity contribution in [1.29, 1.82) is 0 Å². The van der Waals surface area contributed by atoms with E-state index in [9.17, 15) is 5.11 Å². The number of benzene rings is 2. The molecule has 1 radical (unpaired) electrons. The van der Waals surface area contributed by atoms with Crippen LogP contribution in [0.2, 0.25) is 0 Å². The molecule has 0 spiro atoms. The van der Waals surface area contributed by atoms with Gasteiger partial charge in [-0.25, -0.2) is 0 Å². The lowest BCUT2D eigenvalue weighted by Crippen LogP contribution is -2.66. The Bertz CT molecular complexity index is 620. The van der Waals surface area contributed by atoms with E-state index in [1.165, 1.54) is 15.9 Å². The van der Waals surface area contributed by atoms with Crippen LogP contribution in [0.15, 0.2) is 54.6 Å². The molecule has 22 heavy (non-hydrogen) atoms. The van der Waals surface area contributed by atoms with Crippen molar-refractivity contribution in [2.45, 2.75) is 38.0 Å². The van der Waals surface area contributed by atoms with E-state index in [1.54, 1.807) is 0 Å². The van der Waals surface area contributed by atoms with Gasteiger partial charge in [0.2, 0.25) is 0 Å². The van der Waals surface area contributed by atoms with Crippen LogP contribution in [0.25, 0.3) is 0 Å². The average molecular weight is 310 g/mol. The Balaban J connectivity index is 2.09. The van der Waals surface area contributed by atoms with E-state index in [0.717, 1.165) is 19.4 Å². The Morgan fingerprint density at radius 3 is 2.41 bits per heavy atom. The Morgan fingerprint density at radius 1 is 1.09 bits per heavy atom. The van der Waals surface area contributed by atoms with Crippen LogP contribution in [-0.2, 0) is 0 Å². The minimum Gasteiger partial charge on any atom is -0.391 e. The van der Waals surface area contributed by atoms with E-state index in [1.807, 2.05) is 13.0 Å². The number of hydrogen-bond donors (Lipinski definition) is 2. The second-order valence-corrected chi connectivity index (χ2v) is 9.23. The van der Waals surface area contributed by atoms with Gasteiger partial charge in [-0.3, -0.25) is 0 Å². The topological polar surface area (TPSA) is 32.3 Å². The number of aliphatic hydroxyl groups is 1. The van der Waals surface area contributed by atoms with Gasteiger partial charge in [0, 0.05) is 6.04 Å². The molecule has 115 valence electrons. The van der Waals surface area contributed by atoms with Gasteiger partial charge in [-0.1, -0.05) is 65.3 Å². The largest absolute Gasteiger partial charge is 0.391 e. The van der Waals surface area contributed by atoms with Crippen LogP contribution in [0.1, 0.15) is 25.3 Å². The third-order valence-electron chi connectivity index (χ3n) is 4.72. The number of nitrogens with one attached hydrogen (secondary N) is 1. The molecule has 0 unspecified atom stereocenters. The molecular formula is C19H24NOSi. The van der Waals surface area contributed by atoms with E-state index < -0.39 is 14.0 Å². The SMILES string of the molecule is Cc1ccccc1[Si](c1ccccc1)[C@@](C)(O)[C@H]1CCCN1. The van der Waals surface area contributed by atoms with Crippen molar-refractivity contribution >= 4 is 19.2 Å². The maximum Gasteiger partial charge on any atom is 0.160 e. The van der Waals surface area contributed by atoms with Gasteiger partial charge >= 0.3 is 0 Å². The van der Waals surface area contributed by atoms with E-state index in [2.05, 4.69) is 60.8 Å². The summed E-state index contributed by atoms with van der Waals surface area (Å²) in [7, 11) is -1.30. The molecule has 1 heterocycles. The maximum atomic E-state index is 11.5. The number of aryl methyl sites for hydroxylation is 1. The first-order chi connectivity index (χ1) is 10.6. The third kappa shape index (κ3) is 2.89. The van der Waals surface area contributed by atoms with Crippen molar-refractivity contribution in [2.24, 2.45) is 0 Å². The lowest BCUT2D eigenvalue weighted by atomic mass is 10.1. The van der Waals surface area contributed by atoms with E-state index in [0.29, 0.717) is 0 Å². The fourth-order valence-electron chi connectivity index (χ4n) is 3.52. The van der Waals surface area contributed by atoms with E-state index in [4.69, 9.17) is 0 Å². The molecule has 0 amide bonds. The molecule has 2 aromatic carbocycles. The van der Waals surface area contributed by atoms with Crippen molar-refractivity contribution in [3.05, 3.63) is 60.2 Å². The zero-order valence-corrected chi connectivity index (χ0v) is 14.3. The molecule has 3 rings (SSSR count). The molecule has 2 nitrogen and oxygen atoms in total. The number of hydrogen-bond acceptors (Lipinski definition) is 2. The predicted octanol–water partition coefficient (Wildman–Crippen LogP) is 1.65. The predicted molar refractivity (Wildman–Crippen MR) is 94.3 cm³/mol. The Morgan fingerprint density at radius 2 is 1.77 bits per heavy atom. The molecule has 1 saturated heterocycles. The summed E-state index contributed by atoms with van der Waals surface area (Å²) in [6.45, 7) is 5.20. The van der Waals surface area contributed by atoms with E-state index in [-0.39, 0.29) is 6.04 Å². The first-order valence-corrected chi connectivity index (χ1v) is 9.55. The van der Waals surface area contributed by atoms with Crippen LogP contribution < -0.4 is 15.7 Å². The quantitative estimate of drug-likeness (QED) is 0.842. The molecule has 2 N–H and O–H groups in total. The summed E-state index contributed by atoms with van der Waals surface area (Å²) < 4.78 is 0. The molecule has 1 fully saturated rings. The highest BCUT2D eigenvalue weighted by Gasteiger charge is 2.44. The first kappa shape index (κ1) is 15.5. The van der Waals surface area contributed by atoms with Gasteiger partial charge in [-0.05, 0) is 38.4 Å². The minimum atomic E-state index is -1.30. The van der Waals surface area contributed by atoms with Crippen molar-refractivity contribution in [3.63, 3.8) is 0 Å². The molecule has 1 aliphatic rings. The van der Waals surface area contributed by atoms with Gasteiger partial charge in [-0.15, -0.1) is 0 Å². The standard InChI is InChI=1S/C19H24NOSi/c1-15-9-6-7-12-17(15)22(16-10-4-3-5-11-16)19(2,21)18-13-8-14-20-18/h3-7,9-12,18,20-21H,8,13-14H2,1-2H3/t18-,19-/m1/s1. The van der Waals surface area contributed by atoms with Crippen LogP contribution in [-0.4, -0.2) is 31.7 Å². The fourth-order valence-corrected chi connectivity index (χ4v) is 6.82. The van der Waals surface area contributed by atoms with Crippen molar-refractivity contribution < 1.29 is 5.11 Å². The minimum absolute atomic E-state index is 0.182. The average Bonchev–Trinajstić information content (AvgIpc) is 3.06. The van der Waals surface area contributed by atoms with E-state index >= 15 is 0 Å². The molecule has 3 heteroatoms. The normalized spacial score (nSPS) is 21.0. The first-order valence-electron chi connectivity index (χ1n) is 8.05. The van der Waals surface area contributed by atoms with Gasteiger partial charge in [0.15, 0.2) is 8.80 Å². The monoisotopic (exact) mass is 310 g/mol. The summed E-state index contributed by atoms with van der Waals surface area (Å²) in [5, 5.41) is 16.9. The van der Waals surface area contributed by atoms with Crippen LogP contribution >= 0.6 is 0 Å². The zero-order valence-electron chi connectivity index (χ0n) is 13.3. The molecule has 0 aromatic heterocycles. The molecule has 1 aliphatic heterocycles. The lowest BCUT2D eigenvalue weighted by Gasteiger charge is -2.38. The van der Waals surface area contributed by atoms with Crippen LogP contribution in [0.3, 0.4) is 0 Å². The van der Waals surface area contributed by atoms with Crippen LogP contribution in [0, 0.1) is 6.92 Å². The highest BCUT2D eigenvalue weighted by molar-refractivity contribution is 6.87. The molecule has 0 aliphatic carbocycles. The van der Waals surface area contributed by atoms with Gasteiger partial charge in [0.05, 0.1) is 5.22 Å². The van der Waals surface area contributed by atoms with Gasteiger partial charge < -0.3 is 10.4 Å². The third-order valence-corrected chi connectivity index (χ3v) is 8.09. The summed E-state index contributed by atoms with van der Waals surface area (Å²) in [6, 6.07) is 19.2. The van der Waals surface area contributed by atoms with Crippen LogP contribution in [0.4, 0.5) is 0 Å². The second kappa shape index (κ2) is 6.37. The highest BCUT2D eigenvalue weighted by atomic mass is 28.3. The molecule has 2 atom stereocenters. The van der Waals surface area contributed by atoms with Crippen molar-refractivity contribution in [2.75, 3.05) is 6.54 Å². The summed E-state index contributed by atoms with van der Waals surface area (Å²) in [5.41, 5.74) is 1.28. The summed E-state index contributed by atoms with van der Waals surface area (Å²) in [5.74, 6) is 0. The Hall–Kier alpha value is -1.42. The molecule has 0 saturated carbocycles. The smallest absolute Gasteiger partial charge is 0.160 e. The zero-order chi connectivity index (χ0) is 15.6.